The average molecular weight is 334 g/mol. The maximum absolute atomic E-state index is 12.4. The molecule has 4 heteroatoms. The van der Waals surface area contributed by atoms with Crippen LogP contribution in [0.15, 0.2) is 60.8 Å². The lowest BCUT2D eigenvalue weighted by Crippen LogP contribution is -2.34. The molecule has 1 amide bonds. The summed E-state index contributed by atoms with van der Waals surface area (Å²) < 4.78 is 5.33. The van der Waals surface area contributed by atoms with Crippen LogP contribution in [0.5, 0.6) is 0 Å². The zero-order chi connectivity index (χ0) is 17.1. The molecule has 2 atom stereocenters. The van der Waals surface area contributed by atoms with Crippen molar-refractivity contribution in [2.45, 2.75) is 12.3 Å². The summed E-state index contributed by atoms with van der Waals surface area (Å²) >= 11 is 0. The number of amides is 1. The van der Waals surface area contributed by atoms with Gasteiger partial charge in [-0.2, -0.15) is 0 Å². The Morgan fingerprint density at radius 1 is 1.16 bits per heavy atom. The van der Waals surface area contributed by atoms with E-state index in [0.717, 1.165) is 11.9 Å². The number of aromatic nitrogens is 1. The standard InChI is InChI=1S/C21H22N2O2/c24-21(16-10-11-25-14-16)23-12-18(15-6-2-1-3-7-15)19-13-22-20-9-5-4-8-17(19)20/h1-9,13,16,18,22H,10-12,14H2,(H,23,24)/t16-,18+/m0/s1. The van der Waals surface area contributed by atoms with Gasteiger partial charge >= 0.3 is 0 Å². The molecule has 4 rings (SSSR count). The number of benzene rings is 2. The minimum Gasteiger partial charge on any atom is -0.381 e. The Kier molecular flexibility index (Phi) is 4.53. The molecular weight excluding hydrogens is 312 g/mol. The van der Waals surface area contributed by atoms with Gasteiger partial charge in [0, 0.05) is 36.2 Å². The summed E-state index contributed by atoms with van der Waals surface area (Å²) in [6.07, 6.45) is 2.88. The number of aromatic amines is 1. The van der Waals surface area contributed by atoms with E-state index in [1.807, 2.05) is 24.3 Å². The Morgan fingerprint density at radius 3 is 2.76 bits per heavy atom. The molecule has 4 nitrogen and oxygen atoms in total. The van der Waals surface area contributed by atoms with Crippen molar-refractivity contribution in [1.82, 2.24) is 10.3 Å². The minimum absolute atomic E-state index is 0.0145. The molecule has 1 aromatic heterocycles. The van der Waals surface area contributed by atoms with Crippen molar-refractivity contribution in [3.63, 3.8) is 0 Å². The molecule has 0 unspecified atom stereocenters. The second kappa shape index (κ2) is 7.11. The first-order valence-electron chi connectivity index (χ1n) is 8.79. The fourth-order valence-corrected chi connectivity index (χ4v) is 3.56. The summed E-state index contributed by atoms with van der Waals surface area (Å²) in [6, 6.07) is 18.6. The zero-order valence-electron chi connectivity index (χ0n) is 14.1. The molecule has 3 aromatic rings. The van der Waals surface area contributed by atoms with Gasteiger partial charge in [-0.05, 0) is 23.6 Å². The van der Waals surface area contributed by atoms with Crippen LogP contribution in [0.1, 0.15) is 23.5 Å². The van der Waals surface area contributed by atoms with E-state index < -0.39 is 0 Å². The van der Waals surface area contributed by atoms with Gasteiger partial charge in [0.1, 0.15) is 0 Å². The topological polar surface area (TPSA) is 54.1 Å². The van der Waals surface area contributed by atoms with E-state index in [-0.39, 0.29) is 17.7 Å². The number of carbonyl (C=O) groups excluding carboxylic acids is 1. The lowest BCUT2D eigenvalue weighted by molar-refractivity contribution is -0.124. The van der Waals surface area contributed by atoms with Gasteiger partial charge in [0.25, 0.3) is 0 Å². The van der Waals surface area contributed by atoms with E-state index in [2.05, 4.69) is 46.8 Å². The molecule has 1 aliphatic rings. The largest absolute Gasteiger partial charge is 0.381 e. The van der Waals surface area contributed by atoms with Gasteiger partial charge in [0.2, 0.25) is 5.91 Å². The van der Waals surface area contributed by atoms with Gasteiger partial charge in [-0.25, -0.2) is 0 Å². The van der Waals surface area contributed by atoms with Crippen molar-refractivity contribution in [2.75, 3.05) is 19.8 Å². The van der Waals surface area contributed by atoms with E-state index in [0.29, 0.717) is 19.8 Å². The van der Waals surface area contributed by atoms with Crippen LogP contribution < -0.4 is 5.32 Å². The smallest absolute Gasteiger partial charge is 0.225 e. The van der Waals surface area contributed by atoms with Crippen molar-refractivity contribution in [3.05, 3.63) is 71.9 Å². The van der Waals surface area contributed by atoms with Crippen LogP contribution >= 0.6 is 0 Å². The van der Waals surface area contributed by atoms with Crippen molar-refractivity contribution in [3.8, 4) is 0 Å². The summed E-state index contributed by atoms with van der Waals surface area (Å²) in [7, 11) is 0. The molecule has 1 saturated heterocycles. The number of fused-ring (bicyclic) bond motifs is 1. The van der Waals surface area contributed by atoms with Crippen LogP contribution in [0.2, 0.25) is 0 Å². The van der Waals surface area contributed by atoms with Crippen LogP contribution in [0.25, 0.3) is 10.9 Å². The molecule has 2 heterocycles. The highest BCUT2D eigenvalue weighted by Gasteiger charge is 2.25. The lowest BCUT2D eigenvalue weighted by atomic mass is 9.90. The summed E-state index contributed by atoms with van der Waals surface area (Å²) in [5, 5.41) is 4.35. The molecule has 0 spiro atoms. The Morgan fingerprint density at radius 2 is 1.96 bits per heavy atom. The number of carbonyl (C=O) groups is 1. The number of para-hydroxylation sites is 1. The first-order valence-corrected chi connectivity index (χ1v) is 8.79. The summed E-state index contributed by atoms with van der Waals surface area (Å²) in [6.45, 7) is 1.80. The fraction of sp³-hybridized carbons (Fsp3) is 0.286. The highest BCUT2D eigenvalue weighted by atomic mass is 16.5. The number of hydrogen-bond acceptors (Lipinski definition) is 2. The van der Waals surface area contributed by atoms with Crippen molar-refractivity contribution in [1.29, 1.82) is 0 Å². The SMILES string of the molecule is O=C(NC[C@H](c1ccccc1)c1c[nH]c2ccccc12)[C@H]1CCOC1. The molecule has 1 fully saturated rings. The van der Waals surface area contributed by atoms with Crippen LogP contribution in [-0.4, -0.2) is 30.6 Å². The molecule has 2 aromatic carbocycles. The first-order chi connectivity index (χ1) is 12.3. The predicted molar refractivity (Wildman–Crippen MR) is 98.5 cm³/mol. The lowest BCUT2D eigenvalue weighted by Gasteiger charge is -2.19. The number of hydrogen-bond donors (Lipinski definition) is 2. The summed E-state index contributed by atoms with van der Waals surface area (Å²) in [4.78, 5) is 15.8. The fourth-order valence-electron chi connectivity index (χ4n) is 3.56. The van der Waals surface area contributed by atoms with Crippen LogP contribution in [-0.2, 0) is 9.53 Å². The Balaban J connectivity index is 1.62. The summed E-state index contributed by atoms with van der Waals surface area (Å²) in [5.74, 6) is 0.196. The van der Waals surface area contributed by atoms with E-state index in [4.69, 9.17) is 4.74 Å². The van der Waals surface area contributed by atoms with Crippen molar-refractivity contribution < 1.29 is 9.53 Å². The maximum Gasteiger partial charge on any atom is 0.225 e. The Labute approximate surface area is 147 Å². The van der Waals surface area contributed by atoms with E-state index in [1.165, 1.54) is 16.5 Å². The number of H-pyrrole nitrogens is 1. The average Bonchev–Trinajstić information content (AvgIpc) is 3.33. The molecule has 25 heavy (non-hydrogen) atoms. The van der Waals surface area contributed by atoms with Gasteiger partial charge in [0.15, 0.2) is 0 Å². The number of nitrogens with one attached hydrogen (secondary N) is 2. The molecule has 0 radical (unpaired) electrons. The van der Waals surface area contributed by atoms with Gasteiger partial charge in [0.05, 0.1) is 12.5 Å². The van der Waals surface area contributed by atoms with Gasteiger partial charge in [-0.15, -0.1) is 0 Å². The molecule has 0 aliphatic carbocycles. The quantitative estimate of drug-likeness (QED) is 0.751. The third kappa shape index (κ3) is 3.30. The second-order valence-corrected chi connectivity index (χ2v) is 6.56. The van der Waals surface area contributed by atoms with Crippen LogP contribution in [0.4, 0.5) is 0 Å². The van der Waals surface area contributed by atoms with Crippen LogP contribution in [0.3, 0.4) is 0 Å². The molecule has 2 N–H and O–H groups in total. The number of ether oxygens (including phenoxy) is 1. The van der Waals surface area contributed by atoms with E-state index in [9.17, 15) is 4.79 Å². The molecule has 128 valence electrons. The first kappa shape index (κ1) is 15.9. The van der Waals surface area contributed by atoms with E-state index >= 15 is 0 Å². The van der Waals surface area contributed by atoms with Crippen molar-refractivity contribution in [2.24, 2.45) is 5.92 Å². The zero-order valence-corrected chi connectivity index (χ0v) is 14.1. The third-order valence-electron chi connectivity index (χ3n) is 4.98. The normalized spacial score (nSPS) is 18.3. The second-order valence-electron chi connectivity index (χ2n) is 6.56. The van der Waals surface area contributed by atoms with Crippen LogP contribution in [0, 0.1) is 5.92 Å². The monoisotopic (exact) mass is 334 g/mol. The number of rotatable bonds is 5. The predicted octanol–water partition coefficient (Wildman–Crippen LogP) is 3.45. The van der Waals surface area contributed by atoms with Crippen molar-refractivity contribution >= 4 is 16.8 Å². The van der Waals surface area contributed by atoms with Gasteiger partial charge < -0.3 is 15.0 Å². The molecule has 0 saturated carbocycles. The molecular formula is C21H22N2O2. The minimum atomic E-state index is -0.0145. The summed E-state index contributed by atoms with van der Waals surface area (Å²) in [5.41, 5.74) is 3.54. The maximum atomic E-state index is 12.4. The highest BCUT2D eigenvalue weighted by molar-refractivity contribution is 5.84. The molecule has 1 aliphatic heterocycles. The molecule has 0 bridgehead atoms. The Hall–Kier alpha value is -2.59. The Bertz CT molecular complexity index is 850. The third-order valence-corrected chi connectivity index (χ3v) is 4.98. The van der Waals surface area contributed by atoms with Gasteiger partial charge in [-0.1, -0.05) is 48.5 Å². The van der Waals surface area contributed by atoms with Gasteiger partial charge in [-0.3, -0.25) is 4.79 Å². The van der Waals surface area contributed by atoms with E-state index in [1.54, 1.807) is 0 Å². The highest BCUT2D eigenvalue weighted by Crippen LogP contribution is 2.30.